The number of hydrogen-bond acceptors (Lipinski definition) is 3. The second-order valence-corrected chi connectivity index (χ2v) is 4.17. The topological polar surface area (TPSA) is 107 Å². The maximum atomic E-state index is 10.5. The molecule has 0 rings (SSSR count). The van der Waals surface area contributed by atoms with E-state index in [1.165, 1.54) is 0 Å². The molecule has 0 bridgehead atoms. The highest BCUT2D eigenvalue weighted by molar-refractivity contribution is 7.52. The monoisotopic (exact) mass is 217 g/mol. The molecule has 0 aromatic carbocycles. The van der Waals surface area contributed by atoms with Crippen LogP contribution in [-0.2, 0) is 9.36 Å². The third-order valence-electron chi connectivity index (χ3n) is 1.16. The minimum absolute atomic E-state index is 0.205. The first kappa shape index (κ1) is 11.9. The van der Waals surface area contributed by atoms with Gasteiger partial charge in [0, 0.05) is 6.42 Å². The fourth-order valence-electron chi connectivity index (χ4n) is 0.546. The highest BCUT2D eigenvalue weighted by Crippen LogP contribution is 2.41. The summed E-state index contributed by atoms with van der Waals surface area (Å²) in [7, 11) is -4.34. The molecular weight excluding hydrogens is 208 g/mol. The highest BCUT2D eigenvalue weighted by atomic mass is 35.5. The smallest absolute Gasteiger partial charge is 0.343 e. The third-order valence-corrected chi connectivity index (χ3v) is 2.78. The van der Waals surface area contributed by atoms with Crippen LogP contribution >= 0.6 is 19.4 Å². The Kier molecular flexibility index (Phi) is 4.74. The van der Waals surface area contributed by atoms with Crippen LogP contribution in [0.4, 0.5) is 0 Å². The molecule has 8 heteroatoms. The standard InChI is InChI=1S/C4H9ClNO5P/c5-6-3(12(9,10)11)1-2-4(7)8/h3,6H,1-2H2,(H,7,8)(H2,9,10,11). The number of nitrogens with one attached hydrogen (secondary N) is 1. The number of carboxylic acids is 1. The van der Waals surface area contributed by atoms with E-state index in [0.29, 0.717) is 0 Å². The van der Waals surface area contributed by atoms with Gasteiger partial charge in [0.25, 0.3) is 0 Å². The van der Waals surface area contributed by atoms with Crippen molar-refractivity contribution in [1.82, 2.24) is 4.84 Å². The Bertz CT molecular complexity index is 204. The molecule has 0 amide bonds. The molecule has 1 atom stereocenters. The zero-order chi connectivity index (χ0) is 9.78. The van der Waals surface area contributed by atoms with Crippen molar-refractivity contribution in [2.75, 3.05) is 0 Å². The number of hydrogen-bond donors (Lipinski definition) is 4. The Hall–Kier alpha value is -0.130. The Morgan fingerprint density at radius 3 is 2.33 bits per heavy atom. The van der Waals surface area contributed by atoms with Gasteiger partial charge in [-0.1, -0.05) is 0 Å². The summed E-state index contributed by atoms with van der Waals surface area (Å²) in [4.78, 5) is 29.0. The van der Waals surface area contributed by atoms with E-state index in [9.17, 15) is 9.36 Å². The van der Waals surface area contributed by atoms with Crippen LogP contribution in [0, 0.1) is 0 Å². The molecule has 1 unspecified atom stereocenters. The van der Waals surface area contributed by atoms with E-state index in [1.54, 1.807) is 0 Å². The van der Waals surface area contributed by atoms with E-state index in [1.807, 2.05) is 4.84 Å². The average molecular weight is 218 g/mol. The van der Waals surface area contributed by atoms with Gasteiger partial charge in [-0.05, 0) is 18.2 Å². The summed E-state index contributed by atoms with van der Waals surface area (Å²) >= 11 is 5.00. The number of carbonyl (C=O) groups is 1. The van der Waals surface area contributed by atoms with Gasteiger partial charge in [0.05, 0.1) is 0 Å². The van der Waals surface area contributed by atoms with Gasteiger partial charge < -0.3 is 14.9 Å². The van der Waals surface area contributed by atoms with Crippen molar-refractivity contribution in [3.05, 3.63) is 0 Å². The molecule has 0 saturated carbocycles. The van der Waals surface area contributed by atoms with Gasteiger partial charge in [-0.25, -0.2) is 4.84 Å². The Morgan fingerprint density at radius 2 is 2.08 bits per heavy atom. The molecule has 0 aliphatic rings. The Morgan fingerprint density at radius 1 is 1.58 bits per heavy atom. The molecule has 12 heavy (non-hydrogen) atoms. The summed E-state index contributed by atoms with van der Waals surface area (Å²) in [5.74, 6) is -2.42. The second-order valence-electron chi connectivity index (χ2n) is 2.15. The third kappa shape index (κ3) is 4.69. The first-order valence-corrected chi connectivity index (χ1v) is 5.07. The molecule has 72 valence electrons. The van der Waals surface area contributed by atoms with Gasteiger partial charge in [-0.3, -0.25) is 9.36 Å². The zero-order valence-electron chi connectivity index (χ0n) is 5.97. The van der Waals surface area contributed by atoms with Gasteiger partial charge in [-0.15, -0.1) is 0 Å². The van der Waals surface area contributed by atoms with Gasteiger partial charge in [0.15, 0.2) is 0 Å². The Balaban J connectivity index is 4.02. The van der Waals surface area contributed by atoms with Crippen molar-refractivity contribution in [2.45, 2.75) is 18.6 Å². The number of carboxylic acid groups (broad SMARTS) is 1. The van der Waals surface area contributed by atoms with Crippen LogP contribution in [0.2, 0.25) is 0 Å². The first-order chi connectivity index (χ1) is 5.38. The number of halogens is 1. The lowest BCUT2D eigenvalue weighted by Gasteiger charge is -2.14. The molecule has 0 radical (unpaired) electrons. The van der Waals surface area contributed by atoms with Crippen LogP contribution < -0.4 is 4.84 Å². The minimum Gasteiger partial charge on any atom is -0.481 e. The van der Waals surface area contributed by atoms with Crippen molar-refractivity contribution in [3.63, 3.8) is 0 Å². The van der Waals surface area contributed by atoms with Crippen LogP contribution in [0.5, 0.6) is 0 Å². The van der Waals surface area contributed by atoms with Crippen molar-refractivity contribution in [2.24, 2.45) is 0 Å². The van der Waals surface area contributed by atoms with Gasteiger partial charge >= 0.3 is 13.6 Å². The quantitative estimate of drug-likeness (QED) is 0.384. The van der Waals surface area contributed by atoms with Gasteiger partial charge in [0.2, 0.25) is 0 Å². The summed E-state index contributed by atoms with van der Waals surface area (Å²) in [5.41, 5.74) is 0. The van der Waals surface area contributed by atoms with Crippen LogP contribution in [0.25, 0.3) is 0 Å². The molecule has 4 N–H and O–H groups in total. The Labute approximate surface area is 73.8 Å². The van der Waals surface area contributed by atoms with Crippen LogP contribution in [0.15, 0.2) is 0 Å². The molecule has 0 aliphatic carbocycles. The van der Waals surface area contributed by atoms with Crippen molar-refractivity contribution < 1.29 is 24.3 Å². The van der Waals surface area contributed by atoms with Gasteiger partial charge in [0.1, 0.15) is 5.78 Å². The fourth-order valence-corrected chi connectivity index (χ4v) is 1.63. The number of aliphatic carboxylic acids is 1. The largest absolute Gasteiger partial charge is 0.481 e. The molecule has 0 heterocycles. The minimum atomic E-state index is -4.34. The summed E-state index contributed by atoms with van der Waals surface area (Å²) < 4.78 is 10.5. The summed E-state index contributed by atoms with van der Waals surface area (Å²) in [6, 6.07) is 0. The van der Waals surface area contributed by atoms with Crippen LogP contribution in [0.3, 0.4) is 0 Å². The van der Waals surface area contributed by atoms with Crippen LogP contribution in [0.1, 0.15) is 12.8 Å². The van der Waals surface area contributed by atoms with Crippen LogP contribution in [-0.4, -0.2) is 26.6 Å². The van der Waals surface area contributed by atoms with E-state index >= 15 is 0 Å². The maximum Gasteiger partial charge on any atom is 0.343 e. The lowest BCUT2D eigenvalue weighted by Crippen LogP contribution is -2.21. The lowest BCUT2D eigenvalue weighted by atomic mass is 10.3. The molecule has 0 fully saturated rings. The van der Waals surface area contributed by atoms with Crippen molar-refractivity contribution >= 4 is 25.3 Å². The fraction of sp³-hybridized carbons (Fsp3) is 0.750. The molecule has 0 aromatic heterocycles. The van der Waals surface area contributed by atoms with E-state index in [-0.39, 0.29) is 12.8 Å². The normalized spacial score (nSPS) is 14.2. The van der Waals surface area contributed by atoms with E-state index < -0.39 is 19.3 Å². The molecule has 0 saturated heterocycles. The van der Waals surface area contributed by atoms with E-state index in [2.05, 4.69) is 0 Å². The molecular formula is C4H9ClNO5P. The summed E-state index contributed by atoms with van der Waals surface area (Å²) in [5, 5.41) is 8.20. The van der Waals surface area contributed by atoms with Crippen molar-refractivity contribution in [1.29, 1.82) is 0 Å². The zero-order valence-corrected chi connectivity index (χ0v) is 7.63. The molecule has 0 aliphatic heterocycles. The molecule has 0 aromatic rings. The molecule has 0 spiro atoms. The first-order valence-electron chi connectivity index (χ1n) is 3.01. The lowest BCUT2D eigenvalue weighted by molar-refractivity contribution is -0.137. The maximum absolute atomic E-state index is 10.5. The van der Waals surface area contributed by atoms with E-state index in [0.717, 1.165) is 0 Å². The predicted octanol–water partition coefficient (Wildman–Crippen LogP) is 0.0984. The molecule has 6 nitrogen and oxygen atoms in total. The predicted molar refractivity (Wildman–Crippen MR) is 41.7 cm³/mol. The van der Waals surface area contributed by atoms with E-state index in [4.69, 9.17) is 26.7 Å². The SMILES string of the molecule is O=C(O)CCC(NCl)P(=O)(O)O. The number of rotatable bonds is 5. The van der Waals surface area contributed by atoms with Gasteiger partial charge in [-0.2, -0.15) is 0 Å². The summed E-state index contributed by atoms with van der Waals surface area (Å²) in [6.07, 6.45) is -0.543. The second kappa shape index (κ2) is 4.79. The van der Waals surface area contributed by atoms with Crippen molar-refractivity contribution in [3.8, 4) is 0 Å². The average Bonchev–Trinajstić information content (AvgIpc) is 1.85. The summed E-state index contributed by atoms with van der Waals surface area (Å²) in [6.45, 7) is 0. The highest BCUT2D eigenvalue weighted by Gasteiger charge is 2.28.